The Bertz CT molecular complexity index is 2610. The molecule has 2 aromatic heterocycles. The molecule has 3 aliphatic heterocycles. The fraction of sp³-hybridized carbons (Fsp3) is 0.507. The molecule has 0 amide bonds. The van der Waals surface area contributed by atoms with Gasteiger partial charge in [0.1, 0.15) is 5.82 Å². The fourth-order valence-corrected chi connectivity index (χ4v) is 10.3. The van der Waals surface area contributed by atoms with Gasteiger partial charge < -0.3 is 14.8 Å². The third-order valence-corrected chi connectivity index (χ3v) is 15.7. The number of nitrogens with zero attached hydrogens (tertiary/aromatic N) is 5. The molecule has 5 heterocycles. The molecule has 1 fully saturated rings. The van der Waals surface area contributed by atoms with Gasteiger partial charge in [-0.2, -0.15) is 0 Å². The Morgan fingerprint density at radius 2 is 1.00 bits per heavy atom. The Hall–Kier alpha value is -5.56. The summed E-state index contributed by atoms with van der Waals surface area (Å²) in [5.41, 5.74) is 14.9. The molecular weight excluding hydrogens is 961 g/mol. The van der Waals surface area contributed by atoms with Gasteiger partial charge in [-0.05, 0) is 187 Å². The van der Waals surface area contributed by atoms with Gasteiger partial charge in [-0.1, -0.05) is 191 Å². The van der Waals surface area contributed by atoms with Crippen LogP contribution in [0.25, 0.3) is 11.0 Å². The summed E-state index contributed by atoms with van der Waals surface area (Å²) in [6.45, 7) is 46.5. The molecule has 0 atom stereocenters. The zero-order valence-electron chi connectivity index (χ0n) is 52.8. The predicted molar refractivity (Wildman–Crippen MR) is 344 cm³/mol. The molecule has 0 spiro atoms. The SMILES string of the molecule is CC(C)(C)C1Cc2ccccc2C1.CC(C)(C)N1CCc2ccccc21.CC(C)(C)N1Cc2ccccc2C1.CC(C)(C)c1nc2ccccc2[nH]1.CC(C)N1CCCCC1.CC(C)c1ccccc1.CC(C)c1ccccn1. The molecule has 6 nitrogen and oxygen atoms in total. The van der Waals surface area contributed by atoms with Gasteiger partial charge in [-0.15, -0.1) is 0 Å². The van der Waals surface area contributed by atoms with E-state index in [1.54, 1.807) is 11.1 Å². The predicted octanol–water partition coefficient (Wildman–Crippen LogP) is 18.9. The van der Waals surface area contributed by atoms with Crippen LogP contribution in [0.2, 0.25) is 0 Å². The van der Waals surface area contributed by atoms with Crippen LogP contribution in [0, 0.1) is 11.3 Å². The van der Waals surface area contributed by atoms with Crippen LogP contribution in [0.3, 0.4) is 0 Å². The number of para-hydroxylation sites is 3. The van der Waals surface area contributed by atoms with Crippen molar-refractivity contribution in [3.63, 3.8) is 0 Å². The first-order valence-corrected chi connectivity index (χ1v) is 30.1. The number of nitrogens with one attached hydrogen (secondary N) is 1. The highest BCUT2D eigenvalue weighted by molar-refractivity contribution is 5.75. The maximum Gasteiger partial charge on any atom is 0.112 e. The number of hydrogen-bond donors (Lipinski definition) is 1. The fourth-order valence-electron chi connectivity index (χ4n) is 10.3. The van der Waals surface area contributed by atoms with Gasteiger partial charge in [0.2, 0.25) is 0 Å². The molecule has 79 heavy (non-hydrogen) atoms. The summed E-state index contributed by atoms with van der Waals surface area (Å²) in [5.74, 6) is 3.09. The monoisotopic (exact) mass is 1070 g/mol. The minimum Gasteiger partial charge on any atom is -0.366 e. The summed E-state index contributed by atoms with van der Waals surface area (Å²) in [5, 5.41) is 0. The van der Waals surface area contributed by atoms with Crippen molar-refractivity contribution in [1.82, 2.24) is 24.8 Å². The maximum atomic E-state index is 4.53. The van der Waals surface area contributed by atoms with Crippen molar-refractivity contribution in [3.8, 4) is 0 Å². The number of pyridine rings is 1. The van der Waals surface area contributed by atoms with Gasteiger partial charge in [0.25, 0.3) is 0 Å². The topological polar surface area (TPSA) is 51.3 Å². The second kappa shape index (κ2) is 29.8. The summed E-state index contributed by atoms with van der Waals surface area (Å²) in [4.78, 5) is 19.6. The molecule has 0 bridgehead atoms. The number of anilines is 1. The number of hydrogen-bond acceptors (Lipinski definition) is 5. The van der Waals surface area contributed by atoms with Crippen molar-refractivity contribution in [3.05, 3.63) is 197 Å². The lowest BCUT2D eigenvalue weighted by Crippen LogP contribution is -2.40. The van der Waals surface area contributed by atoms with Crippen LogP contribution >= 0.6 is 0 Å². The normalized spacial score (nSPS) is 15.3. The van der Waals surface area contributed by atoms with E-state index in [0.29, 0.717) is 22.8 Å². The second-order valence-corrected chi connectivity index (χ2v) is 27.3. The molecule has 6 heteroatoms. The van der Waals surface area contributed by atoms with E-state index in [9.17, 15) is 0 Å². The lowest BCUT2D eigenvalue weighted by atomic mass is 9.79. The van der Waals surface area contributed by atoms with Crippen LogP contribution < -0.4 is 4.90 Å². The lowest BCUT2D eigenvalue weighted by Gasteiger charge is -2.34. The molecule has 1 N–H and O–H groups in total. The molecule has 1 saturated heterocycles. The molecular formula is C73H106N6. The third kappa shape index (κ3) is 20.8. The van der Waals surface area contributed by atoms with E-state index >= 15 is 0 Å². The minimum atomic E-state index is 0.0962. The summed E-state index contributed by atoms with van der Waals surface area (Å²) < 4.78 is 0. The third-order valence-electron chi connectivity index (χ3n) is 15.7. The maximum absolute atomic E-state index is 4.53. The van der Waals surface area contributed by atoms with Crippen molar-refractivity contribution in [2.24, 2.45) is 11.3 Å². The summed E-state index contributed by atoms with van der Waals surface area (Å²) in [6, 6.07) is 51.7. The number of fused-ring (bicyclic) bond motifs is 4. The van der Waals surface area contributed by atoms with Crippen LogP contribution in [0.5, 0.6) is 0 Å². The largest absolute Gasteiger partial charge is 0.366 e. The van der Waals surface area contributed by atoms with Crippen LogP contribution in [0.1, 0.15) is 201 Å². The van der Waals surface area contributed by atoms with Gasteiger partial charge in [0, 0.05) is 59.7 Å². The first kappa shape index (κ1) is 64.3. The molecule has 4 aliphatic rings. The van der Waals surface area contributed by atoms with Crippen LogP contribution in [-0.4, -0.2) is 61.5 Å². The van der Waals surface area contributed by atoms with E-state index in [0.717, 1.165) is 47.6 Å². The van der Waals surface area contributed by atoms with Crippen molar-refractivity contribution >= 4 is 16.7 Å². The molecule has 5 aromatic carbocycles. The number of H-pyrrole nitrogens is 1. The van der Waals surface area contributed by atoms with Crippen molar-refractivity contribution < 1.29 is 0 Å². The van der Waals surface area contributed by atoms with Crippen molar-refractivity contribution in [2.75, 3.05) is 24.5 Å². The van der Waals surface area contributed by atoms with E-state index in [1.807, 2.05) is 48.7 Å². The number of benzene rings is 5. The molecule has 1 aliphatic carbocycles. The minimum absolute atomic E-state index is 0.0962. The number of aromatic nitrogens is 3. The number of aromatic amines is 1. The molecule has 11 rings (SSSR count). The van der Waals surface area contributed by atoms with Gasteiger partial charge in [0.15, 0.2) is 0 Å². The Balaban J connectivity index is 0.000000171. The highest BCUT2D eigenvalue weighted by Crippen LogP contribution is 2.38. The smallest absolute Gasteiger partial charge is 0.112 e. The number of rotatable bonds is 3. The van der Waals surface area contributed by atoms with Crippen LogP contribution in [0.15, 0.2) is 152 Å². The van der Waals surface area contributed by atoms with E-state index in [2.05, 4.69) is 257 Å². The van der Waals surface area contributed by atoms with E-state index < -0.39 is 0 Å². The highest BCUT2D eigenvalue weighted by Gasteiger charge is 2.31. The van der Waals surface area contributed by atoms with Gasteiger partial charge in [-0.25, -0.2) is 4.98 Å². The van der Waals surface area contributed by atoms with E-state index in [1.165, 1.54) is 86.1 Å². The first-order valence-electron chi connectivity index (χ1n) is 30.1. The van der Waals surface area contributed by atoms with Gasteiger partial charge in [0.05, 0.1) is 11.0 Å². The summed E-state index contributed by atoms with van der Waals surface area (Å²) in [7, 11) is 0. The Labute approximate surface area is 482 Å². The Morgan fingerprint density at radius 3 is 1.43 bits per heavy atom. The van der Waals surface area contributed by atoms with E-state index in [4.69, 9.17) is 0 Å². The molecule has 7 aromatic rings. The molecule has 0 radical (unpaired) electrons. The first-order chi connectivity index (χ1) is 37.2. The second-order valence-electron chi connectivity index (χ2n) is 27.3. The van der Waals surface area contributed by atoms with Crippen molar-refractivity contribution in [1.29, 1.82) is 0 Å². The molecule has 0 unspecified atom stereocenters. The summed E-state index contributed by atoms with van der Waals surface area (Å²) in [6.07, 6.45) is 9.86. The van der Waals surface area contributed by atoms with Gasteiger partial charge >= 0.3 is 0 Å². The zero-order valence-corrected chi connectivity index (χ0v) is 52.8. The van der Waals surface area contributed by atoms with Crippen LogP contribution in [-0.2, 0) is 37.8 Å². The van der Waals surface area contributed by atoms with Crippen LogP contribution in [0.4, 0.5) is 5.69 Å². The Morgan fingerprint density at radius 1 is 0.494 bits per heavy atom. The van der Waals surface area contributed by atoms with Crippen molar-refractivity contribution in [2.45, 2.75) is 211 Å². The lowest BCUT2D eigenvalue weighted by molar-refractivity contribution is 0.136. The quantitative estimate of drug-likeness (QED) is 0.191. The Kier molecular flexibility index (Phi) is 24.2. The van der Waals surface area contributed by atoms with Gasteiger partial charge in [-0.3, -0.25) is 9.88 Å². The standard InChI is InChI=1S/C13H18.2C12H17N.C11H14N2.C9H12.C8H17N.C8H11N/c1-13(2,3)12-8-10-6-4-5-7-11(10)9-12;1-12(2,3)13-8-10-6-4-5-7-11(10)9-13;1-12(2,3)13-9-8-10-6-4-5-7-11(10)13;1-11(2,3)10-12-8-6-4-5-7-9(8)13-10;2*1-8(2)9-6-4-3-5-7-9;1-7(2)8-5-3-4-6-9-8/h4-7,12H,8-9H2,1-3H3;2*4-7H,8-9H2,1-3H3;4-7H,1-3H3,(H,12,13);3-8H,1-2H3;8H,3-7H2,1-2H3;3-7H,1-2H3. The highest BCUT2D eigenvalue weighted by atomic mass is 15.2. The molecule has 0 saturated carbocycles. The number of likely N-dealkylation sites (tertiary alicyclic amines) is 1. The average molecular weight is 1070 g/mol. The molecule has 428 valence electrons. The number of piperidine rings is 1. The average Bonchev–Trinajstić information content (AvgIpc) is 4.27. The zero-order chi connectivity index (χ0) is 58.0. The summed E-state index contributed by atoms with van der Waals surface area (Å²) >= 11 is 0. The number of imidazole rings is 1. The van der Waals surface area contributed by atoms with E-state index in [-0.39, 0.29) is 11.0 Å².